The molecule has 2 nitrogen and oxygen atoms in total. The van der Waals surface area contributed by atoms with E-state index in [1.807, 2.05) is 19.1 Å². The van der Waals surface area contributed by atoms with Gasteiger partial charge in [-0.15, -0.1) is 0 Å². The summed E-state index contributed by atoms with van der Waals surface area (Å²) in [6.07, 6.45) is -3.81. The van der Waals surface area contributed by atoms with Crippen LogP contribution in [0.4, 0.5) is 13.2 Å². The van der Waals surface area contributed by atoms with Gasteiger partial charge in [-0.2, -0.15) is 13.2 Å². The average Bonchev–Trinajstić information content (AvgIpc) is 2.40. The van der Waals surface area contributed by atoms with E-state index < -0.39 is 12.1 Å². The van der Waals surface area contributed by atoms with Crippen molar-refractivity contribution in [1.29, 1.82) is 0 Å². The van der Waals surface area contributed by atoms with Crippen molar-refractivity contribution in [2.45, 2.75) is 38.0 Å². The summed E-state index contributed by atoms with van der Waals surface area (Å²) in [5.74, 6) is -1.19. The predicted molar refractivity (Wildman–Crippen MR) is 78.2 cm³/mol. The molecule has 2 rings (SSSR count). The fraction of sp³-hybridized carbons (Fsp3) is 0.600. The van der Waals surface area contributed by atoms with E-state index in [9.17, 15) is 13.2 Å². The molecule has 1 fully saturated rings. The van der Waals surface area contributed by atoms with Gasteiger partial charge in [-0.3, -0.25) is 4.90 Å². The minimum Gasteiger partial charge on any atom is -0.326 e. The topological polar surface area (TPSA) is 29.3 Å². The van der Waals surface area contributed by atoms with Gasteiger partial charge in [0.25, 0.3) is 0 Å². The molecule has 2 atom stereocenters. The Morgan fingerprint density at radius 3 is 2.14 bits per heavy atom. The zero-order valence-electron chi connectivity index (χ0n) is 11.9. The quantitative estimate of drug-likeness (QED) is 0.912. The smallest absolute Gasteiger partial charge is 0.326 e. The predicted octanol–water partition coefficient (Wildman–Crippen LogP) is 4.00. The van der Waals surface area contributed by atoms with Gasteiger partial charge in [0.05, 0.1) is 5.92 Å². The summed E-state index contributed by atoms with van der Waals surface area (Å²) in [5, 5.41) is 0.637. The van der Waals surface area contributed by atoms with E-state index in [1.54, 1.807) is 12.1 Å². The molecule has 21 heavy (non-hydrogen) atoms. The normalized spacial score (nSPS) is 21.2. The Balaban J connectivity index is 2.09. The van der Waals surface area contributed by atoms with Crippen molar-refractivity contribution in [1.82, 2.24) is 4.90 Å². The van der Waals surface area contributed by atoms with E-state index in [2.05, 4.69) is 4.90 Å². The maximum absolute atomic E-state index is 12.7. The third-order valence-corrected chi connectivity index (χ3v) is 4.35. The first-order valence-electron chi connectivity index (χ1n) is 7.11. The molecule has 2 unspecified atom stereocenters. The Morgan fingerprint density at radius 1 is 1.19 bits per heavy atom. The van der Waals surface area contributed by atoms with Crippen LogP contribution in [0.15, 0.2) is 24.3 Å². The van der Waals surface area contributed by atoms with Gasteiger partial charge in [0.15, 0.2) is 0 Å². The SMILES string of the molecule is CC(N)C(c1ccc(Cl)cc1)N1CCC(C(F)(F)F)CC1. The monoisotopic (exact) mass is 320 g/mol. The molecule has 1 saturated heterocycles. The van der Waals surface area contributed by atoms with Crippen molar-refractivity contribution in [3.05, 3.63) is 34.9 Å². The molecule has 0 aliphatic carbocycles. The maximum atomic E-state index is 12.7. The lowest BCUT2D eigenvalue weighted by Crippen LogP contribution is -2.45. The molecule has 118 valence electrons. The van der Waals surface area contributed by atoms with Gasteiger partial charge < -0.3 is 5.73 Å². The average molecular weight is 321 g/mol. The Kier molecular flexibility index (Phi) is 5.17. The second-order valence-electron chi connectivity index (χ2n) is 5.71. The first kappa shape index (κ1) is 16.6. The Morgan fingerprint density at radius 2 is 1.71 bits per heavy atom. The van der Waals surface area contributed by atoms with Crippen LogP contribution >= 0.6 is 11.6 Å². The number of nitrogens with two attached hydrogens (primary N) is 1. The lowest BCUT2D eigenvalue weighted by Gasteiger charge is -2.40. The van der Waals surface area contributed by atoms with Crippen LogP contribution in [0.5, 0.6) is 0 Å². The molecule has 0 saturated carbocycles. The molecule has 0 amide bonds. The van der Waals surface area contributed by atoms with Crippen molar-refractivity contribution in [3.8, 4) is 0 Å². The summed E-state index contributed by atoms with van der Waals surface area (Å²) in [7, 11) is 0. The minimum atomic E-state index is -4.09. The highest BCUT2D eigenvalue weighted by Crippen LogP contribution is 2.37. The first-order valence-corrected chi connectivity index (χ1v) is 7.48. The summed E-state index contributed by atoms with van der Waals surface area (Å²) in [6.45, 7) is 2.72. The lowest BCUT2D eigenvalue weighted by atomic mass is 9.92. The standard InChI is InChI=1S/C15H20ClF3N2/c1-10(20)14(11-2-4-13(16)5-3-11)21-8-6-12(7-9-21)15(17,18)19/h2-5,10,12,14H,6-9,20H2,1H3. The van der Waals surface area contributed by atoms with Gasteiger partial charge in [-0.25, -0.2) is 0 Å². The molecule has 6 heteroatoms. The second-order valence-corrected chi connectivity index (χ2v) is 6.14. The first-order chi connectivity index (χ1) is 9.79. The molecule has 0 radical (unpaired) electrons. The zero-order valence-corrected chi connectivity index (χ0v) is 12.7. The van der Waals surface area contributed by atoms with E-state index in [0.717, 1.165) is 5.56 Å². The molecule has 1 aromatic rings. The molecule has 0 aromatic heterocycles. The van der Waals surface area contributed by atoms with Gasteiger partial charge >= 0.3 is 6.18 Å². The number of hydrogen-bond donors (Lipinski definition) is 1. The summed E-state index contributed by atoms with van der Waals surface area (Å²) in [4.78, 5) is 2.05. The van der Waals surface area contributed by atoms with E-state index in [1.165, 1.54) is 0 Å². The van der Waals surface area contributed by atoms with Crippen LogP contribution in [0, 0.1) is 5.92 Å². The Bertz CT molecular complexity index is 451. The summed E-state index contributed by atoms with van der Waals surface area (Å²) < 4.78 is 38.2. The van der Waals surface area contributed by atoms with Crippen LogP contribution in [0.25, 0.3) is 0 Å². The summed E-state index contributed by atoms with van der Waals surface area (Å²) in [6, 6.07) is 7.13. The molecule has 0 bridgehead atoms. The number of halogens is 4. The van der Waals surface area contributed by atoms with Crippen LogP contribution < -0.4 is 5.73 Å². The molecule has 2 N–H and O–H groups in total. The van der Waals surface area contributed by atoms with Crippen molar-refractivity contribution in [3.63, 3.8) is 0 Å². The minimum absolute atomic E-state index is 0.0727. The van der Waals surface area contributed by atoms with Gasteiger partial charge in [-0.05, 0) is 50.6 Å². The largest absolute Gasteiger partial charge is 0.391 e. The van der Waals surface area contributed by atoms with Crippen LogP contribution in [0.2, 0.25) is 5.02 Å². The molecular formula is C15H20ClF3N2. The van der Waals surface area contributed by atoms with Gasteiger partial charge in [0, 0.05) is 17.1 Å². The van der Waals surface area contributed by atoms with Crippen LogP contribution in [-0.2, 0) is 0 Å². The van der Waals surface area contributed by atoms with Crippen molar-refractivity contribution < 1.29 is 13.2 Å². The second kappa shape index (κ2) is 6.55. The number of piperidine rings is 1. The van der Waals surface area contributed by atoms with Crippen LogP contribution in [0.1, 0.15) is 31.4 Å². The number of nitrogens with zero attached hydrogens (tertiary/aromatic N) is 1. The summed E-state index contributed by atoms with van der Waals surface area (Å²) >= 11 is 5.88. The van der Waals surface area contributed by atoms with Crippen molar-refractivity contribution in [2.75, 3.05) is 13.1 Å². The Labute approximate surface area is 128 Å². The Hall–Kier alpha value is -0.780. The molecule has 0 spiro atoms. The fourth-order valence-corrected chi connectivity index (χ4v) is 3.14. The maximum Gasteiger partial charge on any atom is 0.391 e. The number of benzene rings is 1. The highest BCUT2D eigenvalue weighted by molar-refractivity contribution is 6.30. The summed E-state index contributed by atoms with van der Waals surface area (Å²) in [5.41, 5.74) is 7.06. The van der Waals surface area contributed by atoms with Crippen LogP contribution in [0.3, 0.4) is 0 Å². The lowest BCUT2D eigenvalue weighted by molar-refractivity contribution is -0.186. The number of rotatable bonds is 3. The van der Waals surface area contributed by atoms with E-state index >= 15 is 0 Å². The van der Waals surface area contributed by atoms with Crippen LogP contribution in [-0.4, -0.2) is 30.2 Å². The molecule has 1 aliphatic rings. The number of hydrogen-bond acceptors (Lipinski definition) is 2. The molecular weight excluding hydrogens is 301 g/mol. The number of likely N-dealkylation sites (tertiary alicyclic amines) is 1. The molecule has 1 aromatic carbocycles. The van der Waals surface area contributed by atoms with Gasteiger partial charge in [0.2, 0.25) is 0 Å². The van der Waals surface area contributed by atoms with Crippen molar-refractivity contribution >= 4 is 11.6 Å². The molecule has 1 heterocycles. The molecule has 1 aliphatic heterocycles. The van der Waals surface area contributed by atoms with Gasteiger partial charge in [0.1, 0.15) is 0 Å². The van der Waals surface area contributed by atoms with E-state index in [4.69, 9.17) is 17.3 Å². The zero-order chi connectivity index (χ0) is 15.6. The third kappa shape index (κ3) is 4.11. The fourth-order valence-electron chi connectivity index (χ4n) is 3.01. The number of alkyl halides is 3. The van der Waals surface area contributed by atoms with E-state index in [-0.39, 0.29) is 24.9 Å². The third-order valence-electron chi connectivity index (χ3n) is 4.10. The highest BCUT2D eigenvalue weighted by Gasteiger charge is 2.42. The highest BCUT2D eigenvalue weighted by atomic mass is 35.5. The van der Waals surface area contributed by atoms with Crippen molar-refractivity contribution in [2.24, 2.45) is 11.7 Å². The van der Waals surface area contributed by atoms with Gasteiger partial charge in [-0.1, -0.05) is 23.7 Å². The van der Waals surface area contributed by atoms with E-state index in [0.29, 0.717) is 18.1 Å².